The monoisotopic (exact) mass is 307 g/mol. The molecule has 1 heterocycles. The maximum Gasteiger partial charge on any atom is 0.250 e. The largest absolute Gasteiger partial charge is 0.392 e. The van der Waals surface area contributed by atoms with Crippen molar-refractivity contribution >= 4 is 21.4 Å². The number of rotatable bonds is 8. The smallest absolute Gasteiger partial charge is 0.250 e. The molecule has 0 saturated heterocycles. The Morgan fingerprint density at radius 2 is 2.16 bits per heavy atom. The van der Waals surface area contributed by atoms with Gasteiger partial charge in [-0.15, -0.1) is 11.3 Å². The van der Waals surface area contributed by atoms with Gasteiger partial charge in [0, 0.05) is 20.3 Å². The van der Waals surface area contributed by atoms with Gasteiger partial charge in [-0.3, -0.25) is 0 Å². The van der Waals surface area contributed by atoms with Crippen LogP contribution in [0.3, 0.4) is 0 Å². The van der Waals surface area contributed by atoms with Crippen molar-refractivity contribution in [3.8, 4) is 0 Å². The Balaban J connectivity index is 2.65. The average Bonchev–Trinajstić information content (AvgIpc) is 2.84. The third-order valence-corrected chi connectivity index (χ3v) is 5.69. The second kappa shape index (κ2) is 6.81. The molecule has 0 amide bonds. The van der Waals surface area contributed by atoms with Gasteiger partial charge in [-0.1, -0.05) is 13.8 Å². The van der Waals surface area contributed by atoms with Gasteiger partial charge in [-0.25, -0.2) is 13.1 Å². The number of thiophene rings is 1. The van der Waals surface area contributed by atoms with Crippen molar-refractivity contribution in [1.82, 2.24) is 4.72 Å². The van der Waals surface area contributed by atoms with Crippen LogP contribution in [-0.2, 0) is 21.4 Å². The summed E-state index contributed by atoms with van der Waals surface area (Å²) in [7, 11) is -1.86. The Bertz CT molecular complexity index is 494. The van der Waals surface area contributed by atoms with E-state index in [9.17, 15) is 8.42 Å². The SMILES string of the molecule is COCCC(C)(C)CNS(=O)(=O)c1cc(CO)cs1. The quantitative estimate of drug-likeness (QED) is 0.764. The van der Waals surface area contributed by atoms with Gasteiger partial charge in [0.25, 0.3) is 0 Å². The van der Waals surface area contributed by atoms with Crippen LogP contribution in [0.2, 0.25) is 0 Å². The summed E-state index contributed by atoms with van der Waals surface area (Å²) in [5.74, 6) is 0. The van der Waals surface area contributed by atoms with Gasteiger partial charge in [-0.05, 0) is 28.8 Å². The molecule has 0 spiro atoms. The lowest BCUT2D eigenvalue weighted by Crippen LogP contribution is -2.34. The lowest BCUT2D eigenvalue weighted by atomic mass is 9.90. The molecule has 1 aromatic rings. The third kappa shape index (κ3) is 5.19. The highest BCUT2D eigenvalue weighted by atomic mass is 32.2. The summed E-state index contributed by atoms with van der Waals surface area (Å²) in [6, 6.07) is 1.50. The molecule has 2 N–H and O–H groups in total. The number of aliphatic hydroxyl groups excluding tert-OH is 1. The summed E-state index contributed by atoms with van der Waals surface area (Å²) in [6.45, 7) is 4.78. The minimum atomic E-state index is -3.49. The summed E-state index contributed by atoms with van der Waals surface area (Å²) in [5.41, 5.74) is 0.448. The number of methoxy groups -OCH3 is 1. The van der Waals surface area contributed by atoms with E-state index in [-0.39, 0.29) is 16.2 Å². The van der Waals surface area contributed by atoms with Crippen LogP contribution >= 0.6 is 11.3 Å². The molecule has 0 atom stereocenters. The Morgan fingerprint density at radius 1 is 1.47 bits per heavy atom. The third-order valence-electron chi connectivity index (χ3n) is 2.80. The van der Waals surface area contributed by atoms with Gasteiger partial charge in [0.15, 0.2) is 0 Å². The van der Waals surface area contributed by atoms with Crippen LogP contribution in [0.25, 0.3) is 0 Å². The zero-order valence-corrected chi connectivity index (χ0v) is 13.1. The molecule has 0 saturated carbocycles. The van der Waals surface area contributed by atoms with E-state index in [1.807, 2.05) is 13.8 Å². The molecule has 0 aliphatic carbocycles. The van der Waals surface area contributed by atoms with E-state index in [0.717, 1.165) is 17.8 Å². The Morgan fingerprint density at radius 3 is 2.68 bits per heavy atom. The first-order valence-electron chi connectivity index (χ1n) is 5.97. The first-order chi connectivity index (χ1) is 8.80. The number of hydrogen-bond acceptors (Lipinski definition) is 5. The average molecular weight is 307 g/mol. The molecule has 1 aromatic heterocycles. The topological polar surface area (TPSA) is 75.6 Å². The fourth-order valence-electron chi connectivity index (χ4n) is 1.41. The molecule has 19 heavy (non-hydrogen) atoms. The van der Waals surface area contributed by atoms with Crippen molar-refractivity contribution in [2.24, 2.45) is 5.41 Å². The highest BCUT2D eigenvalue weighted by Crippen LogP contribution is 2.23. The number of nitrogens with one attached hydrogen (secondary N) is 1. The van der Waals surface area contributed by atoms with Gasteiger partial charge >= 0.3 is 0 Å². The Labute approximate surface area is 118 Å². The molecular formula is C12H21NO4S2. The van der Waals surface area contributed by atoms with E-state index in [1.165, 1.54) is 6.07 Å². The van der Waals surface area contributed by atoms with Gasteiger partial charge in [0.2, 0.25) is 10.0 Å². The Kier molecular flexibility index (Phi) is 5.94. The minimum Gasteiger partial charge on any atom is -0.392 e. The summed E-state index contributed by atoms with van der Waals surface area (Å²) >= 11 is 1.11. The first-order valence-corrected chi connectivity index (χ1v) is 8.34. The maximum atomic E-state index is 12.1. The van der Waals surface area contributed by atoms with E-state index >= 15 is 0 Å². The molecule has 110 valence electrons. The van der Waals surface area contributed by atoms with Gasteiger partial charge in [0.1, 0.15) is 4.21 Å². The summed E-state index contributed by atoms with van der Waals surface area (Å²) in [5, 5.41) is 10.6. The van der Waals surface area contributed by atoms with Gasteiger partial charge in [0.05, 0.1) is 6.61 Å². The molecule has 0 fully saturated rings. The lowest BCUT2D eigenvalue weighted by Gasteiger charge is -2.24. The molecular weight excluding hydrogens is 286 g/mol. The molecule has 0 radical (unpaired) electrons. The van der Waals surface area contributed by atoms with E-state index < -0.39 is 10.0 Å². The van der Waals surface area contributed by atoms with Crippen molar-refractivity contribution in [3.05, 3.63) is 17.0 Å². The van der Waals surface area contributed by atoms with E-state index in [2.05, 4.69) is 4.72 Å². The molecule has 0 aliphatic heterocycles. The number of sulfonamides is 1. The van der Waals surface area contributed by atoms with Crippen LogP contribution in [0.5, 0.6) is 0 Å². The highest BCUT2D eigenvalue weighted by molar-refractivity contribution is 7.91. The van der Waals surface area contributed by atoms with Crippen molar-refractivity contribution in [2.45, 2.75) is 31.1 Å². The van der Waals surface area contributed by atoms with Crippen LogP contribution in [-0.4, -0.2) is 33.8 Å². The standard InChI is InChI=1S/C12H21NO4S2/c1-12(2,4-5-17-3)9-13-19(15,16)11-6-10(7-14)8-18-11/h6,8,13-14H,4-5,7,9H2,1-3H3. The first kappa shape index (κ1) is 16.6. The van der Waals surface area contributed by atoms with Crippen LogP contribution in [0.4, 0.5) is 0 Å². The van der Waals surface area contributed by atoms with Crippen LogP contribution in [0, 0.1) is 5.41 Å². The molecule has 7 heteroatoms. The molecule has 0 bridgehead atoms. The predicted molar refractivity (Wildman–Crippen MR) is 75.7 cm³/mol. The summed E-state index contributed by atoms with van der Waals surface area (Å²) in [4.78, 5) is 0. The van der Waals surface area contributed by atoms with Crippen molar-refractivity contribution in [3.63, 3.8) is 0 Å². The Hall–Kier alpha value is -0.470. The van der Waals surface area contributed by atoms with Gasteiger partial charge < -0.3 is 9.84 Å². The fourth-order valence-corrected chi connectivity index (χ4v) is 3.89. The second-order valence-corrected chi connectivity index (χ2v) is 8.07. The van der Waals surface area contributed by atoms with Crippen LogP contribution in [0.15, 0.2) is 15.7 Å². The summed E-state index contributed by atoms with van der Waals surface area (Å²) < 4.78 is 32.0. The van der Waals surface area contributed by atoms with Crippen molar-refractivity contribution in [2.75, 3.05) is 20.3 Å². The molecule has 0 aromatic carbocycles. The number of ether oxygens (including phenoxy) is 1. The second-order valence-electron chi connectivity index (χ2n) is 5.16. The van der Waals surface area contributed by atoms with Crippen LogP contribution < -0.4 is 4.72 Å². The normalized spacial score (nSPS) is 12.8. The lowest BCUT2D eigenvalue weighted by molar-refractivity contribution is 0.153. The zero-order valence-electron chi connectivity index (χ0n) is 11.5. The zero-order chi connectivity index (χ0) is 14.5. The minimum absolute atomic E-state index is 0.147. The van der Waals surface area contributed by atoms with E-state index in [4.69, 9.17) is 9.84 Å². The van der Waals surface area contributed by atoms with Crippen molar-refractivity contribution < 1.29 is 18.3 Å². The van der Waals surface area contributed by atoms with Gasteiger partial charge in [-0.2, -0.15) is 0 Å². The van der Waals surface area contributed by atoms with E-state index in [1.54, 1.807) is 12.5 Å². The molecule has 0 unspecified atom stereocenters. The molecule has 5 nitrogen and oxygen atoms in total. The van der Waals surface area contributed by atoms with Crippen LogP contribution in [0.1, 0.15) is 25.8 Å². The maximum absolute atomic E-state index is 12.1. The summed E-state index contributed by atoms with van der Waals surface area (Å²) in [6.07, 6.45) is 0.776. The molecule has 1 rings (SSSR count). The predicted octanol–water partition coefficient (Wildman–Crippen LogP) is 1.58. The highest BCUT2D eigenvalue weighted by Gasteiger charge is 2.23. The fraction of sp³-hybridized carbons (Fsp3) is 0.667. The van der Waals surface area contributed by atoms with Crippen molar-refractivity contribution in [1.29, 1.82) is 0 Å². The van der Waals surface area contributed by atoms with E-state index in [0.29, 0.717) is 18.7 Å². The molecule has 0 aliphatic rings. The number of aliphatic hydroxyl groups is 1. The number of hydrogen-bond donors (Lipinski definition) is 2.